The van der Waals surface area contributed by atoms with Gasteiger partial charge in [0.2, 0.25) is 0 Å². The van der Waals surface area contributed by atoms with Gasteiger partial charge in [-0.15, -0.1) is 0 Å². The number of hydrogen-bond donors (Lipinski definition) is 1. The van der Waals surface area contributed by atoms with E-state index in [1.165, 1.54) is 37.8 Å². The van der Waals surface area contributed by atoms with Crippen molar-refractivity contribution in [2.75, 3.05) is 7.05 Å². The Kier molecular flexibility index (Phi) is 5.19. The smallest absolute Gasteiger partial charge is 0.0717 e. The van der Waals surface area contributed by atoms with Crippen LogP contribution >= 0.6 is 15.9 Å². The maximum Gasteiger partial charge on any atom is 0.0717 e. The Bertz CT molecular complexity index is 373. The molecule has 18 heavy (non-hydrogen) atoms. The van der Waals surface area contributed by atoms with Gasteiger partial charge in [0.15, 0.2) is 0 Å². The molecule has 1 aliphatic rings. The summed E-state index contributed by atoms with van der Waals surface area (Å²) in [6, 6.07) is 4.46. The Morgan fingerprint density at radius 2 is 2.11 bits per heavy atom. The molecular formula is C15H23BrN2. The Labute approximate surface area is 119 Å². The maximum absolute atomic E-state index is 4.55. The van der Waals surface area contributed by atoms with E-state index in [1.54, 1.807) is 0 Å². The second-order valence-electron chi connectivity index (χ2n) is 5.33. The molecule has 1 aromatic rings. The van der Waals surface area contributed by atoms with E-state index in [9.17, 15) is 0 Å². The number of hydrogen-bond acceptors (Lipinski definition) is 2. The number of rotatable bonds is 4. The molecule has 1 saturated carbocycles. The Morgan fingerprint density at radius 3 is 2.67 bits per heavy atom. The molecule has 0 radical (unpaired) electrons. The molecule has 0 amide bonds. The summed E-state index contributed by atoms with van der Waals surface area (Å²) in [4.78, 5) is 4.55. The molecule has 1 aromatic heterocycles. The largest absolute Gasteiger partial charge is 0.311 e. The lowest BCUT2D eigenvalue weighted by Crippen LogP contribution is -2.29. The van der Waals surface area contributed by atoms with Crippen LogP contribution in [0.4, 0.5) is 0 Å². The van der Waals surface area contributed by atoms with Crippen molar-refractivity contribution in [2.45, 2.75) is 45.1 Å². The third-order valence-electron chi connectivity index (χ3n) is 4.33. The van der Waals surface area contributed by atoms with Crippen LogP contribution in [0.2, 0.25) is 0 Å². The van der Waals surface area contributed by atoms with E-state index in [0.29, 0.717) is 6.04 Å². The molecule has 2 rings (SSSR count). The van der Waals surface area contributed by atoms with Gasteiger partial charge in [-0.1, -0.05) is 26.2 Å². The van der Waals surface area contributed by atoms with E-state index in [4.69, 9.17) is 0 Å². The van der Waals surface area contributed by atoms with E-state index >= 15 is 0 Å². The summed E-state index contributed by atoms with van der Waals surface area (Å²) in [5.41, 5.74) is 1.17. The van der Waals surface area contributed by atoms with Crippen molar-refractivity contribution in [3.05, 3.63) is 28.5 Å². The Balaban J connectivity index is 2.08. The van der Waals surface area contributed by atoms with Gasteiger partial charge >= 0.3 is 0 Å². The van der Waals surface area contributed by atoms with E-state index in [2.05, 4.69) is 46.3 Å². The molecule has 1 unspecified atom stereocenters. The maximum atomic E-state index is 4.55. The molecule has 1 atom stereocenters. The van der Waals surface area contributed by atoms with Crippen LogP contribution in [0.25, 0.3) is 0 Å². The standard InChI is InChI=1S/C15H23BrN2/c1-3-11-6-8-12(9-7-11)14(17-2)15-13(16)5-4-10-18-15/h4-5,10-12,14,17H,3,6-9H2,1-2H3. The first-order chi connectivity index (χ1) is 8.76. The number of nitrogens with one attached hydrogen (secondary N) is 1. The first-order valence-corrected chi connectivity index (χ1v) is 7.83. The zero-order valence-electron chi connectivity index (χ0n) is 11.3. The lowest BCUT2D eigenvalue weighted by molar-refractivity contribution is 0.221. The van der Waals surface area contributed by atoms with Crippen molar-refractivity contribution < 1.29 is 0 Å². The molecule has 1 fully saturated rings. The first-order valence-electron chi connectivity index (χ1n) is 7.04. The fourth-order valence-electron chi connectivity index (χ4n) is 3.15. The van der Waals surface area contributed by atoms with Gasteiger partial charge in [-0.2, -0.15) is 0 Å². The fraction of sp³-hybridized carbons (Fsp3) is 0.667. The van der Waals surface area contributed by atoms with E-state index in [-0.39, 0.29) is 0 Å². The van der Waals surface area contributed by atoms with E-state index < -0.39 is 0 Å². The number of nitrogens with zero attached hydrogens (tertiary/aromatic N) is 1. The molecule has 1 aliphatic carbocycles. The number of aromatic nitrogens is 1. The van der Waals surface area contributed by atoms with Crippen LogP contribution in [0.3, 0.4) is 0 Å². The van der Waals surface area contributed by atoms with Crippen molar-refractivity contribution in [1.82, 2.24) is 10.3 Å². The Hall–Kier alpha value is -0.410. The van der Waals surface area contributed by atoms with Gasteiger partial charge in [0.25, 0.3) is 0 Å². The van der Waals surface area contributed by atoms with Crippen molar-refractivity contribution in [2.24, 2.45) is 11.8 Å². The average Bonchev–Trinajstić information content (AvgIpc) is 2.42. The van der Waals surface area contributed by atoms with E-state index in [1.807, 2.05) is 12.3 Å². The van der Waals surface area contributed by atoms with Crippen molar-refractivity contribution >= 4 is 15.9 Å². The summed E-state index contributed by atoms with van der Waals surface area (Å²) < 4.78 is 1.13. The molecule has 3 heteroatoms. The van der Waals surface area contributed by atoms with Gasteiger partial charge in [-0.3, -0.25) is 4.98 Å². The normalized spacial score (nSPS) is 25.9. The van der Waals surface area contributed by atoms with Crippen LogP contribution in [-0.2, 0) is 0 Å². The molecular weight excluding hydrogens is 288 g/mol. The molecule has 0 aliphatic heterocycles. The topological polar surface area (TPSA) is 24.9 Å². The van der Waals surface area contributed by atoms with Crippen LogP contribution in [-0.4, -0.2) is 12.0 Å². The second-order valence-corrected chi connectivity index (χ2v) is 6.18. The lowest BCUT2D eigenvalue weighted by Gasteiger charge is -2.33. The molecule has 0 saturated heterocycles. The molecule has 2 nitrogen and oxygen atoms in total. The molecule has 1 heterocycles. The second kappa shape index (κ2) is 6.67. The number of halogens is 1. The highest BCUT2D eigenvalue weighted by molar-refractivity contribution is 9.10. The Morgan fingerprint density at radius 1 is 1.39 bits per heavy atom. The quantitative estimate of drug-likeness (QED) is 0.895. The van der Waals surface area contributed by atoms with Crippen molar-refractivity contribution in [1.29, 1.82) is 0 Å². The fourth-order valence-corrected chi connectivity index (χ4v) is 3.65. The highest BCUT2D eigenvalue weighted by Gasteiger charge is 2.28. The van der Waals surface area contributed by atoms with Crippen LogP contribution < -0.4 is 5.32 Å². The molecule has 0 bridgehead atoms. The van der Waals surface area contributed by atoms with Crippen molar-refractivity contribution in [3.63, 3.8) is 0 Å². The number of pyridine rings is 1. The minimum atomic E-state index is 0.387. The molecule has 0 aromatic carbocycles. The summed E-state index contributed by atoms with van der Waals surface area (Å²) >= 11 is 3.63. The first kappa shape index (κ1) is 14.0. The van der Waals surface area contributed by atoms with Crippen LogP contribution in [0, 0.1) is 11.8 Å². The van der Waals surface area contributed by atoms with Gasteiger partial charge in [-0.05, 0) is 59.8 Å². The van der Waals surface area contributed by atoms with Crippen molar-refractivity contribution in [3.8, 4) is 0 Å². The third kappa shape index (κ3) is 3.12. The zero-order chi connectivity index (χ0) is 13.0. The van der Waals surface area contributed by atoms with Gasteiger partial charge < -0.3 is 5.32 Å². The van der Waals surface area contributed by atoms with Gasteiger partial charge in [-0.25, -0.2) is 0 Å². The van der Waals surface area contributed by atoms with Gasteiger partial charge in [0.1, 0.15) is 0 Å². The summed E-state index contributed by atoms with van der Waals surface area (Å²) in [5.74, 6) is 1.68. The summed E-state index contributed by atoms with van der Waals surface area (Å²) in [5, 5.41) is 3.47. The average molecular weight is 311 g/mol. The van der Waals surface area contributed by atoms with Gasteiger partial charge in [0.05, 0.1) is 11.7 Å². The van der Waals surface area contributed by atoms with Gasteiger partial charge in [0, 0.05) is 10.7 Å². The predicted molar refractivity (Wildman–Crippen MR) is 79.5 cm³/mol. The minimum Gasteiger partial charge on any atom is -0.311 e. The summed E-state index contributed by atoms with van der Waals surface area (Å²) in [7, 11) is 2.05. The highest BCUT2D eigenvalue weighted by atomic mass is 79.9. The zero-order valence-corrected chi connectivity index (χ0v) is 12.9. The SMILES string of the molecule is CCC1CCC(C(NC)c2ncccc2Br)CC1. The lowest BCUT2D eigenvalue weighted by atomic mass is 9.77. The minimum absolute atomic E-state index is 0.387. The van der Waals surface area contributed by atoms with Crippen LogP contribution in [0.15, 0.2) is 22.8 Å². The third-order valence-corrected chi connectivity index (χ3v) is 5.00. The van der Waals surface area contributed by atoms with Crippen LogP contribution in [0.5, 0.6) is 0 Å². The summed E-state index contributed by atoms with van der Waals surface area (Å²) in [6.07, 6.45) is 8.64. The van der Waals surface area contributed by atoms with E-state index in [0.717, 1.165) is 16.3 Å². The highest BCUT2D eigenvalue weighted by Crippen LogP contribution is 2.38. The molecule has 0 spiro atoms. The molecule has 1 N–H and O–H groups in total. The monoisotopic (exact) mass is 310 g/mol. The molecule has 100 valence electrons. The summed E-state index contributed by atoms with van der Waals surface area (Å²) in [6.45, 7) is 2.32. The van der Waals surface area contributed by atoms with Crippen LogP contribution in [0.1, 0.15) is 50.8 Å². The predicted octanol–water partition coefficient (Wildman–Crippen LogP) is 4.32.